The molecule has 1 aliphatic heterocycles. The third kappa shape index (κ3) is 13.6. The lowest BCUT2D eigenvalue weighted by Gasteiger charge is -2.44. The summed E-state index contributed by atoms with van der Waals surface area (Å²) >= 11 is 3.37. The number of thiazole rings is 1. The van der Waals surface area contributed by atoms with E-state index in [0.717, 1.165) is 47.5 Å². The Morgan fingerprint density at radius 2 is 1.65 bits per heavy atom. The third-order valence-electron chi connectivity index (χ3n) is 12.8. The number of nitrogens with two attached hydrogens (primary N) is 1. The molecule has 2 fully saturated rings. The number of hydrogen-bond donors (Lipinski definition) is 7. The van der Waals surface area contributed by atoms with Crippen LogP contribution in [0.1, 0.15) is 106 Å². The van der Waals surface area contributed by atoms with Crippen molar-refractivity contribution in [3.05, 3.63) is 98.0 Å². The molecule has 2 aliphatic rings. The average molecular weight is 1120 g/mol. The zero-order valence-corrected chi connectivity index (χ0v) is 43.0. The number of benzene rings is 3. The normalized spacial score (nSPS) is 18.1. The molecule has 4 atom stereocenters. The lowest BCUT2D eigenvalue weighted by molar-refractivity contribution is -0.151. The lowest BCUT2D eigenvalue weighted by Crippen LogP contribution is -2.65. The van der Waals surface area contributed by atoms with Crippen LogP contribution in [0.2, 0.25) is 0 Å². The molecule has 4 aromatic rings. The molecule has 0 bridgehead atoms. The summed E-state index contributed by atoms with van der Waals surface area (Å²) in [7, 11) is 0. The number of aliphatic hydroxyl groups excluding tert-OH is 1. The molecule has 0 spiro atoms. The number of primary amides is 1. The number of hydroxylamine groups is 1. The van der Waals surface area contributed by atoms with Gasteiger partial charge in [0.15, 0.2) is 17.3 Å². The van der Waals surface area contributed by atoms with Crippen LogP contribution in [-0.2, 0) is 24.0 Å². The maximum atomic E-state index is 14.9. The highest BCUT2D eigenvalue weighted by atomic mass is 127. The summed E-state index contributed by atoms with van der Waals surface area (Å²) in [5.74, 6) is -8.12. The molecule has 1 aromatic heterocycles. The largest absolute Gasteiger partial charge is 0.391 e. The fourth-order valence-electron chi connectivity index (χ4n) is 8.71. The lowest BCUT2D eigenvalue weighted by atomic mass is 9.73. The summed E-state index contributed by atoms with van der Waals surface area (Å²) in [6.45, 7) is 8.38. The van der Waals surface area contributed by atoms with Crippen molar-refractivity contribution in [2.45, 2.75) is 115 Å². The Bertz CT molecular complexity index is 2560. The second kappa shape index (κ2) is 24.0. The number of β-amino-alcohol motifs (C(OH)–C–C–N with tert-alkyl or cyclic N) is 1. The number of nitrogens with one attached hydrogen (secondary N) is 5. The number of anilines is 2. The van der Waals surface area contributed by atoms with Crippen LogP contribution < -0.4 is 32.5 Å². The number of unbranched alkanes of at least 4 members (excludes halogenated alkanes) is 3. The van der Waals surface area contributed by atoms with Crippen molar-refractivity contribution in [1.29, 1.82) is 0 Å². The second-order valence-corrected chi connectivity index (χ2v) is 21.3. The van der Waals surface area contributed by atoms with Crippen molar-refractivity contribution in [2.24, 2.45) is 11.1 Å². The van der Waals surface area contributed by atoms with Crippen molar-refractivity contribution in [3.63, 3.8) is 0 Å². The van der Waals surface area contributed by atoms with Crippen LogP contribution in [-0.4, -0.2) is 101 Å². The second-order valence-electron chi connectivity index (χ2n) is 19.2. The molecule has 3 aromatic carbocycles. The highest BCUT2D eigenvalue weighted by Crippen LogP contribution is 2.46. The number of amides is 5. The van der Waals surface area contributed by atoms with Gasteiger partial charge in [-0.1, -0.05) is 57.9 Å². The number of aryl methyl sites for hydroxylation is 1. The van der Waals surface area contributed by atoms with Gasteiger partial charge in [-0.15, -0.1) is 11.3 Å². The number of rotatable bonds is 24. The van der Waals surface area contributed by atoms with E-state index in [-0.39, 0.29) is 50.1 Å². The van der Waals surface area contributed by atoms with Gasteiger partial charge < -0.3 is 37.0 Å². The van der Waals surface area contributed by atoms with Gasteiger partial charge in [0, 0.05) is 35.4 Å². The van der Waals surface area contributed by atoms with Gasteiger partial charge in [-0.25, -0.2) is 28.0 Å². The molecule has 3 unspecified atom stereocenters. The number of likely N-dealkylation sites (tertiary alicyclic amines) is 1. The first-order valence-corrected chi connectivity index (χ1v) is 25.5. The molecule has 71 heavy (non-hydrogen) atoms. The Balaban J connectivity index is 0.987. The van der Waals surface area contributed by atoms with Crippen LogP contribution >= 0.6 is 33.9 Å². The highest BCUT2D eigenvalue weighted by molar-refractivity contribution is 14.1. The topological polar surface area (TPSA) is 217 Å². The number of aliphatic hydroxyl groups is 1. The number of halogens is 5. The predicted octanol–water partition coefficient (Wildman–Crippen LogP) is 7.23. The summed E-state index contributed by atoms with van der Waals surface area (Å²) in [5.41, 5.74) is 6.54. The standard InChI is InChI=1S/C50H61F4IN8O7S/c1-29-42(71-28-59-29)31-12-10-30(11-13-31)35(50(46(56)68)26-33(64)27-63(50)45(67)43(48(2,3)4)61-47(69)49(54)18-19-49)25-39(65)58-22-8-6-5-7-20-57-21-9-23-70-62-44(66)34-15-16-36(51)40(53)41(34)60-38-17-14-32(55)24-37(38)52/h10-17,24,28,33,35,43,57,60,64H,5-9,18-23,25-27H2,1-4H3,(H2,56,68)(H,58,65)(H,61,69)(H,62,66)/t33?,35-,43?,50?/m0/s1. The molecule has 1 saturated heterocycles. The van der Waals surface area contributed by atoms with Crippen LogP contribution in [0.25, 0.3) is 10.4 Å². The quantitative estimate of drug-likeness (QED) is 0.0162. The van der Waals surface area contributed by atoms with Crippen LogP contribution in [0.4, 0.5) is 28.9 Å². The minimum atomic E-state index is -2.08. The van der Waals surface area contributed by atoms with E-state index in [1.165, 1.54) is 28.4 Å². The summed E-state index contributed by atoms with van der Waals surface area (Å²) < 4.78 is 58.8. The monoisotopic (exact) mass is 1120 g/mol. The molecule has 2 heterocycles. The number of aromatic nitrogens is 1. The van der Waals surface area contributed by atoms with Crippen LogP contribution in [0.3, 0.4) is 0 Å². The van der Waals surface area contributed by atoms with Crippen molar-refractivity contribution >= 4 is 74.8 Å². The van der Waals surface area contributed by atoms with Gasteiger partial charge in [0.2, 0.25) is 17.7 Å². The first-order valence-electron chi connectivity index (χ1n) is 23.6. The number of carbonyl (C=O) groups is 5. The zero-order valence-electron chi connectivity index (χ0n) is 40.1. The van der Waals surface area contributed by atoms with Gasteiger partial charge >= 0.3 is 0 Å². The van der Waals surface area contributed by atoms with Crippen LogP contribution in [0.5, 0.6) is 0 Å². The Labute approximate surface area is 427 Å². The number of carbonyl (C=O) groups excluding carboxylic acids is 5. The fraction of sp³-hybridized carbons (Fsp3) is 0.480. The van der Waals surface area contributed by atoms with Crippen molar-refractivity contribution in [3.8, 4) is 10.4 Å². The summed E-state index contributed by atoms with van der Waals surface area (Å²) in [6, 6.07) is 11.9. The molecule has 15 nitrogen and oxygen atoms in total. The summed E-state index contributed by atoms with van der Waals surface area (Å²) in [6.07, 6.45) is 1.94. The van der Waals surface area contributed by atoms with E-state index >= 15 is 0 Å². The van der Waals surface area contributed by atoms with Crippen LogP contribution in [0.15, 0.2) is 60.1 Å². The minimum absolute atomic E-state index is 0.0306. The SMILES string of the molecule is Cc1ncsc1-c1ccc([C@H](CC(=O)NCCCCCCNCCCONC(=O)c2ccc(F)c(F)c2Nc2ccc(I)cc2F)C2(C(N)=O)CC(O)CN2C(=O)C(NC(=O)C2(F)CC2)C(C)(C)C)cc1. The van der Waals surface area contributed by atoms with Crippen molar-refractivity contribution < 1.29 is 51.5 Å². The van der Waals surface area contributed by atoms with Gasteiger partial charge in [-0.3, -0.25) is 28.8 Å². The van der Waals surface area contributed by atoms with E-state index in [1.54, 1.807) is 44.5 Å². The van der Waals surface area contributed by atoms with Gasteiger partial charge in [0.05, 0.1) is 45.7 Å². The molecule has 384 valence electrons. The number of nitrogens with zero attached hydrogens (tertiary/aromatic N) is 2. The van der Waals surface area contributed by atoms with Gasteiger partial charge in [0.25, 0.3) is 11.8 Å². The molecule has 5 amide bonds. The predicted molar refractivity (Wildman–Crippen MR) is 270 cm³/mol. The zero-order chi connectivity index (χ0) is 51.7. The maximum Gasteiger partial charge on any atom is 0.277 e. The third-order valence-corrected chi connectivity index (χ3v) is 14.4. The summed E-state index contributed by atoms with van der Waals surface area (Å²) in [5, 5.41) is 22.5. The molecule has 1 saturated carbocycles. The van der Waals surface area contributed by atoms with E-state index in [4.69, 9.17) is 10.6 Å². The van der Waals surface area contributed by atoms with Gasteiger partial charge in [0.1, 0.15) is 17.4 Å². The first kappa shape index (κ1) is 55.1. The van der Waals surface area contributed by atoms with Gasteiger partial charge in [-0.2, -0.15) is 0 Å². The Morgan fingerprint density at radius 3 is 2.28 bits per heavy atom. The maximum absolute atomic E-state index is 14.9. The van der Waals surface area contributed by atoms with E-state index in [1.807, 2.05) is 41.6 Å². The molecular weight excluding hydrogens is 1060 g/mol. The van der Waals surface area contributed by atoms with E-state index in [0.29, 0.717) is 41.6 Å². The fourth-order valence-corrected chi connectivity index (χ4v) is 9.97. The molecule has 1 aliphatic carbocycles. The average Bonchev–Trinajstić information content (AvgIpc) is 3.76. The first-order chi connectivity index (χ1) is 33.7. The van der Waals surface area contributed by atoms with E-state index in [9.17, 15) is 46.6 Å². The summed E-state index contributed by atoms with van der Waals surface area (Å²) in [4.78, 5) is 80.0. The van der Waals surface area contributed by atoms with E-state index in [2.05, 4.69) is 31.7 Å². The van der Waals surface area contributed by atoms with Crippen LogP contribution in [0, 0.1) is 33.4 Å². The molecule has 21 heteroatoms. The number of hydrogen-bond acceptors (Lipinski definition) is 11. The Kier molecular flexibility index (Phi) is 18.6. The highest BCUT2D eigenvalue weighted by Gasteiger charge is 2.60. The number of alkyl halides is 1. The molecule has 0 radical (unpaired) electrons. The Hall–Kier alpha value is -5.23. The van der Waals surface area contributed by atoms with Gasteiger partial charge in [-0.05, 0) is 122 Å². The Morgan fingerprint density at radius 1 is 0.958 bits per heavy atom. The smallest absolute Gasteiger partial charge is 0.277 e. The molecule has 8 N–H and O–H groups in total. The van der Waals surface area contributed by atoms with Crippen molar-refractivity contribution in [2.75, 3.05) is 38.1 Å². The molecule has 6 rings (SSSR count). The molecular formula is C50H61F4IN8O7S. The van der Waals surface area contributed by atoms with Crippen molar-refractivity contribution in [1.82, 2.24) is 31.3 Å². The minimum Gasteiger partial charge on any atom is -0.391 e. The van der Waals surface area contributed by atoms with E-state index < -0.39 is 87.4 Å².